The highest BCUT2D eigenvalue weighted by atomic mass is 19.1. The molecule has 104 valence electrons. The van der Waals surface area contributed by atoms with E-state index in [0.29, 0.717) is 17.4 Å². The van der Waals surface area contributed by atoms with Crippen LogP contribution in [0.4, 0.5) is 10.2 Å². The van der Waals surface area contributed by atoms with Crippen molar-refractivity contribution in [3.05, 3.63) is 47.5 Å². The van der Waals surface area contributed by atoms with Crippen LogP contribution in [0.5, 0.6) is 5.88 Å². The van der Waals surface area contributed by atoms with E-state index in [4.69, 9.17) is 4.74 Å². The Labute approximate surface area is 117 Å². The summed E-state index contributed by atoms with van der Waals surface area (Å²) in [6.07, 6.45) is 2.25. The number of hydrogen-bond acceptors (Lipinski definition) is 4. The molecule has 0 spiro atoms. The summed E-state index contributed by atoms with van der Waals surface area (Å²) in [4.78, 5) is 8.80. The highest BCUT2D eigenvalue weighted by molar-refractivity contribution is 5.38. The molecule has 0 atom stereocenters. The average Bonchev–Trinajstić information content (AvgIpc) is 3.31. The molecular weight excluding hydrogens is 257 g/mol. The third-order valence-corrected chi connectivity index (χ3v) is 3.25. The van der Waals surface area contributed by atoms with Crippen LogP contribution < -0.4 is 10.1 Å². The molecule has 1 aliphatic rings. The van der Waals surface area contributed by atoms with Gasteiger partial charge in [0.05, 0.1) is 0 Å². The lowest BCUT2D eigenvalue weighted by Gasteiger charge is -2.09. The number of anilines is 1. The number of hydrogen-bond donors (Lipinski definition) is 1. The Balaban J connectivity index is 1.76. The molecule has 1 aromatic heterocycles. The van der Waals surface area contributed by atoms with Crippen LogP contribution in [0.25, 0.3) is 0 Å². The third kappa shape index (κ3) is 2.87. The maximum absolute atomic E-state index is 13.5. The first-order valence-electron chi connectivity index (χ1n) is 6.69. The third-order valence-electron chi connectivity index (χ3n) is 3.25. The largest absolute Gasteiger partial charge is 0.473 e. The van der Waals surface area contributed by atoms with E-state index in [9.17, 15) is 4.39 Å². The molecule has 20 heavy (non-hydrogen) atoms. The van der Waals surface area contributed by atoms with E-state index >= 15 is 0 Å². The van der Waals surface area contributed by atoms with Gasteiger partial charge in [-0.05, 0) is 18.9 Å². The van der Waals surface area contributed by atoms with Gasteiger partial charge in [0.2, 0.25) is 5.88 Å². The smallest absolute Gasteiger partial charge is 0.219 e. The van der Waals surface area contributed by atoms with Crippen molar-refractivity contribution in [1.82, 2.24) is 9.97 Å². The predicted octanol–water partition coefficient (Wildman–Crippen LogP) is 3.11. The lowest BCUT2D eigenvalue weighted by molar-refractivity contribution is 0.286. The number of rotatable bonds is 5. The summed E-state index contributed by atoms with van der Waals surface area (Å²) >= 11 is 0. The van der Waals surface area contributed by atoms with Crippen LogP contribution in [0.3, 0.4) is 0 Å². The molecule has 1 aromatic carbocycles. The minimum Gasteiger partial charge on any atom is -0.473 e. The summed E-state index contributed by atoms with van der Waals surface area (Å²) in [6.45, 7) is 0.164. The Morgan fingerprint density at radius 3 is 2.80 bits per heavy atom. The lowest BCUT2D eigenvalue weighted by Crippen LogP contribution is -2.04. The van der Waals surface area contributed by atoms with E-state index in [1.165, 1.54) is 6.07 Å². The van der Waals surface area contributed by atoms with Gasteiger partial charge in [-0.25, -0.2) is 9.37 Å². The van der Waals surface area contributed by atoms with Gasteiger partial charge in [-0.2, -0.15) is 4.98 Å². The number of halogens is 1. The minimum absolute atomic E-state index is 0.164. The summed E-state index contributed by atoms with van der Waals surface area (Å²) in [5.41, 5.74) is 0.519. The van der Waals surface area contributed by atoms with Crippen molar-refractivity contribution in [1.29, 1.82) is 0 Å². The molecule has 4 nitrogen and oxygen atoms in total. The maximum Gasteiger partial charge on any atom is 0.219 e. The Morgan fingerprint density at radius 2 is 2.10 bits per heavy atom. The zero-order chi connectivity index (χ0) is 13.9. The van der Waals surface area contributed by atoms with Crippen molar-refractivity contribution in [2.75, 3.05) is 12.4 Å². The highest BCUT2D eigenvalue weighted by Crippen LogP contribution is 2.39. The molecule has 1 saturated carbocycles. The fourth-order valence-electron chi connectivity index (χ4n) is 1.94. The van der Waals surface area contributed by atoms with Gasteiger partial charge in [-0.1, -0.05) is 18.2 Å². The SMILES string of the molecule is CNc1cc(OCc2ccccc2F)nc(C2CC2)n1. The van der Waals surface area contributed by atoms with Crippen LogP contribution in [-0.2, 0) is 6.61 Å². The Morgan fingerprint density at radius 1 is 1.30 bits per heavy atom. The van der Waals surface area contributed by atoms with Crippen LogP contribution in [0, 0.1) is 5.82 Å². The summed E-state index contributed by atoms with van der Waals surface area (Å²) in [6, 6.07) is 8.31. The summed E-state index contributed by atoms with van der Waals surface area (Å²) < 4.78 is 19.1. The van der Waals surface area contributed by atoms with Gasteiger partial charge in [-0.3, -0.25) is 0 Å². The first kappa shape index (κ1) is 12.8. The number of benzene rings is 1. The molecule has 5 heteroatoms. The van der Waals surface area contributed by atoms with Crippen molar-refractivity contribution in [3.63, 3.8) is 0 Å². The van der Waals surface area contributed by atoms with E-state index in [2.05, 4.69) is 15.3 Å². The zero-order valence-electron chi connectivity index (χ0n) is 11.3. The molecule has 3 rings (SSSR count). The molecule has 0 amide bonds. The normalized spacial score (nSPS) is 14.1. The molecule has 1 heterocycles. The first-order chi connectivity index (χ1) is 9.76. The number of aromatic nitrogens is 2. The van der Waals surface area contributed by atoms with Crippen molar-refractivity contribution in [2.45, 2.75) is 25.4 Å². The van der Waals surface area contributed by atoms with E-state index in [-0.39, 0.29) is 12.4 Å². The quantitative estimate of drug-likeness (QED) is 0.909. The number of nitrogens with zero attached hydrogens (tertiary/aromatic N) is 2. The molecule has 1 N–H and O–H groups in total. The van der Waals surface area contributed by atoms with Gasteiger partial charge in [-0.15, -0.1) is 0 Å². The van der Waals surface area contributed by atoms with Crippen molar-refractivity contribution < 1.29 is 9.13 Å². The predicted molar refractivity (Wildman–Crippen MR) is 74.3 cm³/mol. The van der Waals surface area contributed by atoms with Gasteiger partial charge < -0.3 is 10.1 Å². The average molecular weight is 273 g/mol. The van der Waals surface area contributed by atoms with Gasteiger partial charge in [0.15, 0.2) is 0 Å². The van der Waals surface area contributed by atoms with Crippen LogP contribution in [0.2, 0.25) is 0 Å². The number of ether oxygens (including phenoxy) is 1. The van der Waals surface area contributed by atoms with Crippen molar-refractivity contribution >= 4 is 5.82 Å². The van der Waals surface area contributed by atoms with Gasteiger partial charge >= 0.3 is 0 Å². The minimum atomic E-state index is -0.266. The summed E-state index contributed by atoms with van der Waals surface area (Å²) in [5, 5.41) is 2.99. The molecule has 0 aliphatic heterocycles. The molecule has 0 saturated heterocycles. The molecule has 0 bridgehead atoms. The van der Waals surface area contributed by atoms with E-state index in [1.54, 1.807) is 31.3 Å². The van der Waals surface area contributed by atoms with Crippen LogP contribution in [0.1, 0.15) is 30.1 Å². The van der Waals surface area contributed by atoms with Crippen LogP contribution in [0.15, 0.2) is 30.3 Å². The summed E-state index contributed by atoms with van der Waals surface area (Å²) in [7, 11) is 1.81. The maximum atomic E-state index is 13.5. The Hall–Kier alpha value is -2.17. The summed E-state index contributed by atoms with van der Waals surface area (Å²) in [5.74, 6) is 2.19. The fourth-order valence-corrected chi connectivity index (χ4v) is 1.94. The van der Waals surface area contributed by atoms with Gasteiger partial charge in [0.25, 0.3) is 0 Å². The molecule has 2 aromatic rings. The molecular formula is C15H16FN3O. The van der Waals surface area contributed by atoms with E-state index < -0.39 is 0 Å². The Kier molecular flexibility index (Phi) is 3.50. The first-order valence-corrected chi connectivity index (χ1v) is 6.69. The number of nitrogens with one attached hydrogen (secondary N) is 1. The van der Waals surface area contributed by atoms with Crippen LogP contribution >= 0.6 is 0 Å². The standard InChI is InChI=1S/C15H16FN3O/c1-17-13-8-14(19-15(18-13)10-6-7-10)20-9-11-4-2-3-5-12(11)16/h2-5,8,10H,6-7,9H2,1H3,(H,17,18,19). The second-order valence-electron chi connectivity index (χ2n) is 4.85. The molecule has 0 radical (unpaired) electrons. The van der Waals surface area contributed by atoms with Crippen LogP contribution in [-0.4, -0.2) is 17.0 Å². The van der Waals surface area contributed by atoms with Crippen molar-refractivity contribution in [2.24, 2.45) is 0 Å². The second kappa shape index (κ2) is 5.45. The topological polar surface area (TPSA) is 47.0 Å². The zero-order valence-corrected chi connectivity index (χ0v) is 11.3. The van der Waals surface area contributed by atoms with E-state index in [0.717, 1.165) is 24.5 Å². The van der Waals surface area contributed by atoms with Crippen molar-refractivity contribution in [3.8, 4) is 5.88 Å². The van der Waals surface area contributed by atoms with Gasteiger partial charge in [0, 0.05) is 24.6 Å². The fraction of sp³-hybridized carbons (Fsp3) is 0.333. The molecule has 0 unspecified atom stereocenters. The van der Waals surface area contributed by atoms with Gasteiger partial charge in [0.1, 0.15) is 24.1 Å². The lowest BCUT2D eigenvalue weighted by atomic mass is 10.2. The Bertz CT molecular complexity index is 614. The van der Waals surface area contributed by atoms with E-state index in [1.807, 2.05) is 0 Å². The molecule has 1 fully saturated rings. The second-order valence-corrected chi connectivity index (χ2v) is 4.85. The highest BCUT2D eigenvalue weighted by Gasteiger charge is 2.27. The monoisotopic (exact) mass is 273 g/mol. The molecule has 1 aliphatic carbocycles.